The molecule has 0 radical (unpaired) electrons. The fraction of sp³-hybridized carbons (Fsp3) is 0.348. The zero-order chi connectivity index (χ0) is 24.5. The van der Waals surface area contributed by atoms with Gasteiger partial charge in [-0.3, -0.25) is 9.69 Å². The Labute approximate surface area is 193 Å². The van der Waals surface area contributed by atoms with E-state index >= 15 is 0 Å². The van der Waals surface area contributed by atoms with Gasteiger partial charge >= 0.3 is 0 Å². The van der Waals surface area contributed by atoms with Gasteiger partial charge in [0.05, 0.1) is 18.3 Å². The Hall–Kier alpha value is -3.47. The van der Waals surface area contributed by atoms with E-state index in [1.165, 1.54) is 49.2 Å². The van der Waals surface area contributed by atoms with Crippen LogP contribution in [0.2, 0.25) is 0 Å². The number of benzene rings is 1. The number of alkyl halides is 2. The molecule has 1 aliphatic heterocycles. The first-order valence-corrected chi connectivity index (χ1v) is 10.7. The maximum atomic E-state index is 14.6. The number of nitrogens with zero attached hydrogens (tertiary/aromatic N) is 4. The Morgan fingerprint density at radius 2 is 1.94 bits per heavy atom. The lowest BCUT2D eigenvalue weighted by atomic mass is 9.87. The Bertz CT molecular complexity index is 1150. The van der Waals surface area contributed by atoms with Crippen LogP contribution < -0.4 is 10.0 Å². The fourth-order valence-corrected chi connectivity index (χ4v) is 4.10. The SMILES string of the molecule is C[C@H](C(=O)Nc1cn(Cc2cc(F)cc(F)c2)cn1)N1CCC(F)(F)[C@@H](c2cc[n+]([O-])cc2)C1. The van der Waals surface area contributed by atoms with Crippen molar-refractivity contribution in [2.24, 2.45) is 0 Å². The first-order valence-electron chi connectivity index (χ1n) is 10.7. The molecule has 0 unspecified atom stereocenters. The predicted octanol–water partition coefficient (Wildman–Crippen LogP) is 3.29. The van der Waals surface area contributed by atoms with Crippen molar-refractivity contribution < 1.29 is 27.1 Å². The molecular weight excluding hydrogens is 454 g/mol. The van der Waals surface area contributed by atoms with Gasteiger partial charge in [-0.1, -0.05) is 0 Å². The zero-order valence-electron chi connectivity index (χ0n) is 18.3. The lowest BCUT2D eigenvalue weighted by molar-refractivity contribution is -0.605. The number of rotatable bonds is 6. The molecule has 2 atom stereocenters. The zero-order valence-corrected chi connectivity index (χ0v) is 18.3. The van der Waals surface area contributed by atoms with Gasteiger partial charge < -0.3 is 15.1 Å². The monoisotopic (exact) mass is 477 g/mol. The van der Waals surface area contributed by atoms with E-state index in [9.17, 15) is 27.6 Å². The second kappa shape index (κ2) is 9.41. The molecule has 7 nitrogen and oxygen atoms in total. The van der Waals surface area contributed by atoms with Crippen molar-refractivity contribution in [3.8, 4) is 0 Å². The van der Waals surface area contributed by atoms with Crippen LogP contribution in [0.1, 0.15) is 30.4 Å². The van der Waals surface area contributed by atoms with E-state index in [1.54, 1.807) is 16.4 Å². The molecule has 1 fully saturated rings. The molecule has 1 N–H and O–H groups in total. The number of aromatic nitrogens is 3. The van der Waals surface area contributed by atoms with Crippen molar-refractivity contribution in [3.63, 3.8) is 0 Å². The fourth-order valence-electron chi connectivity index (χ4n) is 4.10. The highest BCUT2D eigenvalue weighted by Crippen LogP contribution is 2.40. The first-order chi connectivity index (χ1) is 16.1. The van der Waals surface area contributed by atoms with Gasteiger partial charge in [0.1, 0.15) is 11.6 Å². The minimum absolute atomic E-state index is 0.0338. The van der Waals surface area contributed by atoms with Crippen LogP contribution in [-0.4, -0.2) is 45.4 Å². The number of carbonyl (C=O) groups excluding carboxylic acids is 1. The molecular formula is C23H23F4N5O2. The molecule has 3 aromatic rings. The summed E-state index contributed by atoms with van der Waals surface area (Å²) >= 11 is 0. The number of pyridine rings is 1. The second-order valence-corrected chi connectivity index (χ2v) is 8.42. The van der Waals surface area contributed by atoms with Gasteiger partial charge in [-0.15, -0.1) is 0 Å². The molecule has 2 aromatic heterocycles. The molecule has 4 rings (SSSR count). The van der Waals surface area contributed by atoms with Crippen LogP contribution in [-0.2, 0) is 11.3 Å². The standard InChI is InChI=1S/C23H23F4N5O2/c1-15(31-7-4-23(26,27)20(12-31)17-2-5-32(34)6-3-17)22(33)29-21-13-30(14-28-21)11-16-8-18(24)10-19(25)9-16/h2-3,5-6,8-10,13-15,20H,4,7,11-12H2,1H3,(H,29,33)/t15-,20-/m1/s1. The van der Waals surface area contributed by atoms with Crippen LogP contribution >= 0.6 is 0 Å². The molecule has 1 amide bonds. The van der Waals surface area contributed by atoms with Crippen molar-refractivity contribution in [2.75, 3.05) is 18.4 Å². The van der Waals surface area contributed by atoms with Crippen molar-refractivity contribution in [1.82, 2.24) is 14.5 Å². The van der Waals surface area contributed by atoms with Crippen LogP contribution in [0, 0.1) is 16.8 Å². The summed E-state index contributed by atoms with van der Waals surface area (Å²) in [6, 6.07) is 5.22. The summed E-state index contributed by atoms with van der Waals surface area (Å²) in [5, 5.41) is 13.9. The van der Waals surface area contributed by atoms with Crippen molar-refractivity contribution in [1.29, 1.82) is 0 Å². The topological polar surface area (TPSA) is 77.1 Å². The highest BCUT2D eigenvalue weighted by molar-refractivity contribution is 5.93. The van der Waals surface area contributed by atoms with Gasteiger partial charge in [-0.05, 0) is 30.2 Å². The molecule has 3 heterocycles. The number of carbonyl (C=O) groups is 1. The minimum Gasteiger partial charge on any atom is -0.619 e. The van der Waals surface area contributed by atoms with Gasteiger partial charge in [0.15, 0.2) is 18.2 Å². The highest BCUT2D eigenvalue weighted by Gasteiger charge is 2.46. The summed E-state index contributed by atoms with van der Waals surface area (Å²) in [6.07, 6.45) is 4.87. The lowest BCUT2D eigenvalue weighted by Gasteiger charge is -2.40. The number of piperidine rings is 1. The average Bonchev–Trinajstić information content (AvgIpc) is 3.19. The maximum absolute atomic E-state index is 14.6. The number of amides is 1. The van der Waals surface area contributed by atoms with E-state index in [-0.39, 0.29) is 25.5 Å². The summed E-state index contributed by atoms with van der Waals surface area (Å²) in [7, 11) is 0. The Balaban J connectivity index is 1.40. The summed E-state index contributed by atoms with van der Waals surface area (Å²) in [5.41, 5.74) is 0.729. The van der Waals surface area contributed by atoms with Crippen molar-refractivity contribution in [2.45, 2.75) is 37.8 Å². The minimum atomic E-state index is -2.96. The largest absolute Gasteiger partial charge is 0.619 e. The van der Waals surface area contributed by atoms with Crippen LogP contribution in [0.4, 0.5) is 23.4 Å². The van der Waals surface area contributed by atoms with Crippen molar-refractivity contribution >= 4 is 11.7 Å². The molecule has 34 heavy (non-hydrogen) atoms. The Morgan fingerprint density at radius 3 is 2.62 bits per heavy atom. The third kappa shape index (κ3) is 5.36. The normalized spacial score (nSPS) is 19.0. The summed E-state index contributed by atoms with van der Waals surface area (Å²) in [5.74, 6) is -5.68. The van der Waals surface area contributed by atoms with Gasteiger partial charge in [-0.2, -0.15) is 4.73 Å². The maximum Gasteiger partial charge on any atom is 0.257 e. The van der Waals surface area contributed by atoms with Gasteiger partial charge in [-0.25, -0.2) is 22.5 Å². The highest BCUT2D eigenvalue weighted by atomic mass is 19.3. The molecule has 1 saturated heterocycles. The van der Waals surface area contributed by atoms with Gasteiger partial charge in [0, 0.05) is 50.5 Å². The van der Waals surface area contributed by atoms with E-state index in [1.807, 2.05) is 0 Å². The van der Waals surface area contributed by atoms with Crippen LogP contribution in [0.3, 0.4) is 0 Å². The number of imidazole rings is 1. The molecule has 0 saturated carbocycles. The predicted molar refractivity (Wildman–Crippen MR) is 115 cm³/mol. The first kappa shape index (κ1) is 23.7. The third-order valence-corrected chi connectivity index (χ3v) is 5.99. The summed E-state index contributed by atoms with van der Waals surface area (Å²) < 4.78 is 58.1. The summed E-state index contributed by atoms with van der Waals surface area (Å²) in [4.78, 5) is 18.5. The number of halogens is 4. The van der Waals surface area contributed by atoms with Crippen LogP contribution in [0.5, 0.6) is 0 Å². The number of anilines is 1. The lowest BCUT2D eigenvalue weighted by Crippen LogP contribution is -2.52. The van der Waals surface area contributed by atoms with E-state index in [4.69, 9.17) is 0 Å². The van der Waals surface area contributed by atoms with Crippen LogP contribution in [0.25, 0.3) is 0 Å². The average molecular weight is 477 g/mol. The molecule has 11 heteroatoms. The Morgan fingerprint density at radius 1 is 1.26 bits per heavy atom. The quantitative estimate of drug-likeness (QED) is 0.336. The number of hydrogen-bond donors (Lipinski definition) is 1. The molecule has 1 aliphatic rings. The molecule has 180 valence electrons. The number of likely N-dealkylation sites (tertiary alicyclic amines) is 1. The van der Waals surface area contributed by atoms with E-state index in [0.29, 0.717) is 15.9 Å². The molecule has 1 aromatic carbocycles. The van der Waals surface area contributed by atoms with Gasteiger partial charge in [0.25, 0.3) is 5.92 Å². The van der Waals surface area contributed by atoms with E-state index < -0.39 is 41.8 Å². The number of hydrogen-bond acceptors (Lipinski definition) is 4. The van der Waals surface area contributed by atoms with E-state index in [0.717, 1.165) is 6.07 Å². The second-order valence-electron chi connectivity index (χ2n) is 8.42. The smallest absolute Gasteiger partial charge is 0.257 e. The molecule has 0 aliphatic carbocycles. The summed E-state index contributed by atoms with van der Waals surface area (Å²) in [6.45, 7) is 1.76. The molecule has 0 spiro atoms. The molecule has 0 bridgehead atoms. The number of nitrogens with one attached hydrogen (secondary N) is 1. The van der Waals surface area contributed by atoms with E-state index in [2.05, 4.69) is 10.3 Å². The Kier molecular flexibility index (Phi) is 6.56. The van der Waals surface area contributed by atoms with Crippen molar-refractivity contribution in [3.05, 3.63) is 83.2 Å². The third-order valence-electron chi connectivity index (χ3n) is 5.99. The van der Waals surface area contributed by atoms with Gasteiger partial charge in [0.2, 0.25) is 5.91 Å². The van der Waals surface area contributed by atoms with Crippen LogP contribution in [0.15, 0.2) is 55.2 Å².